The van der Waals surface area contributed by atoms with Gasteiger partial charge in [-0.1, -0.05) is 24.3 Å². The van der Waals surface area contributed by atoms with Gasteiger partial charge in [-0.05, 0) is 59.3 Å². The van der Waals surface area contributed by atoms with Crippen molar-refractivity contribution < 1.29 is 19.4 Å². The summed E-state index contributed by atoms with van der Waals surface area (Å²) < 4.78 is 7.20. The average molecular weight is 413 g/mol. The summed E-state index contributed by atoms with van der Waals surface area (Å²) in [6.07, 6.45) is 3.35. The van der Waals surface area contributed by atoms with Crippen LogP contribution in [-0.2, 0) is 0 Å². The lowest BCUT2D eigenvalue weighted by Gasteiger charge is -2.09. The molecule has 31 heavy (non-hydrogen) atoms. The Morgan fingerprint density at radius 2 is 1.71 bits per heavy atom. The van der Waals surface area contributed by atoms with Crippen LogP contribution in [0.5, 0.6) is 5.75 Å². The van der Waals surface area contributed by atoms with Crippen LogP contribution in [0.4, 0.5) is 0 Å². The molecule has 7 heteroatoms. The molecule has 0 unspecified atom stereocenters. The fourth-order valence-corrected chi connectivity index (χ4v) is 3.28. The van der Waals surface area contributed by atoms with Gasteiger partial charge in [0.2, 0.25) is 0 Å². The number of benzene rings is 3. The summed E-state index contributed by atoms with van der Waals surface area (Å²) in [5.41, 5.74) is 4.63. The first-order chi connectivity index (χ1) is 15.1. The van der Waals surface area contributed by atoms with Crippen LogP contribution in [-0.4, -0.2) is 34.9 Å². The Hall–Kier alpha value is -4.39. The molecule has 3 aromatic carbocycles. The maximum atomic E-state index is 12.7. The van der Waals surface area contributed by atoms with Crippen molar-refractivity contribution >= 4 is 28.9 Å². The van der Waals surface area contributed by atoms with Gasteiger partial charge in [-0.15, -0.1) is 0 Å². The number of rotatable bonds is 6. The van der Waals surface area contributed by atoms with Crippen LogP contribution >= 0.6 is 0 Å². The molecule has 4 rings (SSSR count). The van der Waals surface area contributed by atoms with E-state index in [0.29, 0.717) is 17.0 Å². The van der Waals surface area contributed by atoms with Gasteiger partial charge in [-0.25, -0.2) is 10.2 Å². The normalized spacial score (nSPS) is 11.0. The molecule has 7 nitrogen and oxygen atoms in total. The van der Waals surface area contributed by atoms with Crippen molar-refractivity contribution in [1.29, 1.82) is 0 Å². The fourth-order valence-electron chi connectivity index (χ4n) is 3.28. The Bertz CT molecular complexity index is 1290. The summed E-state index contributed by atoms with van der Waals surface area (Å²) >= 11 is 0. The van der Waals surface area contributed by atoms with Crippen molar-refractivity contribution in [1.82, 2.24) is 9.99 Å². The molecule has 0 radical (unpaired) electrons. The molecule has 0 bridgehead atoms. The van der Waals surface area contributed by atoms with E-state index in [9.17, 15) is 9.59 Å². The third-order valence-electron chi connectivity index (χ3n) is 4.85. The van der Waals surface area contributed by atoms with Crippen LogP contribution in [0.25, 0.3) is 16.5 Å². The summed E-state index contributed by atoms with van der Waals surface area (Å²) in [5, 5.41) is 15.0. The molecule has 4 aromatic rings. The monoisotopic (exact) mass is 413 g/mol. The number of carboxylic acid groups (broad SMARTS) is 1. The van der Waals surface area contributed by atoms with E-state index >= 15 is 0 Å². The predicted octanol–water partition coefficient (Wildman–Crippen LogP) is 4.10. The minimum Gasteiger partial charge on any atom is -0.496 e. The molecule has 154 valence electrons. The number of ether oxygens (including phenoxy) is 1. The Balaban J connectivity index is 1.53. The Morgan fingerprint density at radius 3 is 2.39 bits per heavy atom. The second-order valence-corrected chi connectivity index (χ2v) is 6.75. The second-order valence-electron chi connectivity index (χ2n) is 6.75. The summed E-state index contributed by atoms with van der Waals surface area (Å²) in [7, 11) is 1.52. The van der Waals surface area contributed by atoms with Crippen LogP contribution in [0.15, 0.2) is 84.1 Å². The van der Waals surface area contributed by atoms with E-state index in [1.807, 2.05) is 53.2 Å². The van der Waals surface area contributed by atoms with Gasteiger partial charge in [0.05, 0.1) is 30.1 Å². The molecular formula is C24H19N3O4. The van der Waals surface area contributed by atoms with Crippen LogP contribution in [0.3, 0.4) is 0 Å². The molecule has 2 N–H and O–H groups in total. The molecule has 1 amide bonds. The molecule has 0 aliphatic heterocycles. The van der Waals surface area contributed by atoms with Crippen molar-refractivity contribution in [2.75, 3.05) is 7.11 Å². The number of methoxy groups -OCH3 is 1. The van der Waals surface area contributed by atoms with E-state index in [1.165, 1.54) is 25.5 Å². The first-order valence-corrected chi connectivity index (χ1v) is 9.48. The maximum absolute atomic E-state index is 12.7. The lowest BCUT2D eigenvalue weighted by atomic mass is 10.1. The van der Waals surface area contributed by atoms with Crippen LogP contribution in [0.2, 0.25) is 0 Å². The first-order valence-electron chi connectivity index (χ1n) is 9.48. The molecule has 0 fully saturated rings. The number of hydrazone groups is 1. The minimum absolute atomic E-state index is 0.211. The number of aromatic carboxylic acids is 1. The molecule has 0 saturated carbocycles. The number of carbonyl (C=O) groups is 2. The predicted molar refractivity (Wildman–Crippen MR) is 118 cm³/mol. The molecule has 1 heterocycles. The number of nitrogens with zero attached hydrogens (tertiary/aromatic N) is 2. The zero-order chi connectivity index (χ0) is 21.8. The number of nitrogens with one attached hydrogen (secondary N) is 1. The van der Waals surface area contributed by atoms with Gasteiger partial charge in [0.15, 0.2) is 0 Å². The number of carbonyl (C=O) groups excluding carboxylic acids is 1. The van der Waals surface area contributed by atoms with Crippen LogP contribution in [0.1, 0.15) is 26.4 Å². The minimum atomic E-state index is -0.979. The highest BCUT2D eigenvalue weighted by atomic mass is 16.5. The topological polar surface area (TPSA) is 92.9 Å². The molecule has 1 aromatic heterocycles. The van der Waals surface area contributed by atoms with Crippen molar-refractivity contribution in [2.45, 2.75) is 0 Å². The van der Waals surface area contributed by atoms with Gasteiger partial charge in [0.25, 0.3) is 5.91 Å². The van der Waals surface area contributed by atoms with Crippen LogP contribution in [0, 0.1) is 0 Å². The fraction of sp³-hybridized carbons (Fsp3) is 0.0417. The lowest BCUT2D eigenvalue weighted by molar-refractivity contribution is 0.0696. The lowest BCUT2D eigenvalue weighted by Crippen LogP contribution is -2.18. The van der Waals surface area contributed by atoms with Gasteiger partial charge >= 0.3 is 5.97 Å². The number of fused-ring (bicyclic) bond motifs is 1. The molecule has 0 aliphatic rings. The SMILES string of the molecule is COc1cc2ccccc2cc1C(=O)NN=Cc1cccn1-c1ccc(C(=O)O)cc1. The number of carboxylic acids is 1. The highest BCUT2D eigenvalue weighted by Gasteiger charge is 2.13. The van der Waals surface area contributed by atoms with E-state index < -0.39 is 5.97 Å². The Morgan fingerprint density at radius 1 is 1.00 bits per heavy atom. The molecule has 0 aliphatic carbocycles. The summed E-state index contributed by atoms with van der Waals surface area (Å²) in [5.74, 6) is -0.899. The third-order valence-corrected chi connectivity index (χ3v) is 4.85. The summed E-state index contributed by atoms with van der Waals surface area (Å²) in [6.45, 7) is 0. The molecule has 0 spiro atoms. The van der Waals surface area contributed by atoms with Gasteiger partial charge in [0, 0.05) is 11.9 Å². The molecular weight excluding hydrogens is 394 g/mol. The van der Waals surface area contributed by atoms with E-state index in [4.69, 9.17) is 9.84 Å². The van der Waals surface area contributed by atoms with E-state index in [-0.39, 0.29) is 11.5 Å². The van der Waals surface area contributed by atoms with E-state index in [0.717, 1.165) is 16.5 Å². The van der Waals surface area contributed by atoms with Gasteiger partial charge < -0.3 is 14.4 Å². The van der Waals surface area contributed by atoms with Crippen molar-refractivity contribution in [2.24, 2.45) is 5.10 Å². The second kappa shape index (κ2) is 8.54. The van der Waals surface area contributed by atoms with Crippen LogP contribution < -0.4 is 10.2 Å². The summed E-state index contributed by atoms with van der Waals surface area (Å²) in [6, 6.07) is 21.5. The average Bonchev–Trinajstić information content (AvgIpc) is 3.26. The number of hydrogen-bond acceptors (Lipinski definition) is 4. The molecule has 0 atom stereocenters. The first kappa shape index (κ1) is 19.9. The number of amides is 1. The van der Waals surface area contributed by atoms with Crippen molar-refractivity contribution in [3.8, 4) is 11.4 Å². The van der Waals surface area contributed by atoms with Gasteiger partial charge in [-0.3, -0.25) is 4.79 Å². The standard InChI is InChI=1S/C24H19N3O4/c1-31-22-14-18-6-3-2-5-17(18)13-21(22)23(28)26-25-15-20-7-4-12-27(20)19-10-8-16(9-11-19)24(29)30/h2-15H,1H3,(H,26,28)(H,29,30). The Labute approximate surface area is 178 Å². The number of aromatic nitrogens is 1. The quantitative estimate of drug-likeness (QED) is 0.368. The largest absolute Gasteiger partial charge is 0.496 e. The van der Waals surface area contributed by atoms with E-state index in [2.05, 4.69) is 10.5 Å². The Kier molecular flexibility index (Phi) is 5.49. The maximum Gasteiger partial charge on any atom is 0.335 e. The van der Waals surface area contributed by atoms with Crippen molar-refractivity contribution in [3.63, 3.8) is 0 Å². The smallest absolute Gasteiger partial charge is 0.335 e. The highest BCUT2D eigenvalue weighted by Crippen LogP contribution is 2.25. The zero-order valence-electron chi connectivity index (χ0n) is 16.6. The van der Waals surface area contributed by atoms with E-state index in [1.54, 1.807) is 18.2 Å². The number of hydrogen-bond donors (Lipinski definition) is 2. The highest BCUT2D eigenvalue weighted by molar-refractivity contribution is 6.02. The zero-order valence-corrected chi connectivity index (χ0v) is 16.6. The molecule has 0 saturated heterocycles. The third kappa shape index (κ3) is 4.16. The van der Waals surface area contributed by atoms with Gasteiger partial charge in [0.1, 0.15) is 5.75 Å². The van der Waals surface area contributed by atoms with Crippen molar-refractivity contribution in [3.05, 3.63) is 95.8 Å². The van der Waals surface area contributed by atoms with Gasteiger partial charge in [-0.2, -0.15) is 5.10 Å². The summed E-state index contributed by atoms with van der Waals surface area (Å²) in [4.78, 5) is 23.7.